The van der Waals surface area contributed by atoms with Gasteiger partial charge in [-0.15, -0.1) is 6.58 Å². The molecule has 0 aliphatic carbocycles. The van der Waals surface area contributed by atoms with Gasteiger partial charge in [-0.3, -0.25) is 4.90 Å². The topological polar surface area (TPSA) is 32.8 Å². The van der Waals surface area contributed by atoms with Crippen LogP contribution >= 0.6 is 0 Å². The van der Waals surface area contributed by atoms with E-state index in [9.17, 15) is 4.79 Å². The van der Waals surface area contributed by atoms with Crippen molar-refractivity contribution >= 4 is 6.09 Å². The predicted molar refractivity (Wildman–Crippen MR) is 87.5 cm³/mol. The van der Waals surface area contributed by atoms with Gasteiger partial charge in [0.1, 0.15) is 5.60 Å². The first-order valence-electron chi connectivity index (χ1n) is 8.09. The van der Waals surface area contributed by atoms with E-state index in [-0.39, 0.29) is 6.09 Å². The third-order valence-corrected chi connectivity index (χ3v) is 3.83. The number of hydrogen-bond acceptors (Lipinski definition) is 3. The zero-order valence-corrected chi connectivity index (χ0v) is 14.4. The average Bonchev–Trinajstić information content (AvgIpc) is 2.34. The summed E-state index contributed by atoms with van der Waals surface area (Å²) in [6.45, 7) is 16.5. The number of nitrogens with zero attached hydrogens (tertiary/aromatic N) is 2. The number of rotatable bonds is 5. The molecule has 0 radical (unpaired) electrons. The Bertz CT molecular complexity index is 337. The van der Waals surface area contributed by atoms with Crippen LogP contribution in [0.25, 0.3) is 0 Å². The lowest BCUT2D eigenvalue weighted by atomic mass is 10.1. The molecular formula is C17H32N2O2. The Hall–Kier alpha value is -1.03. The normalized spacial score (nSPS) is 24.0. The molecule has 4 heteroatoms. The van der Waals surface area contributed by atoms with Crippen molar-refractivity contribution in [1.29, 1.82) is 0 Å². The highest BCUT2D eigenvalue weighted by Gasteiger charge is 2.33. The molecule has 0 bridgehead atoms. The van der Waals surface area contributed by atoms with Gasteiger partial charge in [-0.1, -0.05) is 6.08 Å². The zero-order chi connectivity index (χ0) is 16.0. The average molecular weight is 296 g/mol. The Morgan fingerprint density at radius 2 is 1.81 bits per heavy atom. The van der Waals surface area contributed by atoms with E-state index in [1.54, 1.807) is 0 Å². The third-order valence-electron chi connectivity index (χ3n) is 3.83. The quantitative estimate of drug-likeness (QED) is 0.573. The summed E-state index contributed by atoms with van der Waals surface area (Å²) in [6, 6.07) is 0.759. The summed E-state index contributed by atoms with van der Waals surface area (Å²) in [5.41, 5.74) is -0.425. The first kappa shape index (κ1) is 18.0. The maximum atomic E-state index is 12.2. The number of amides is 1. The minimum Gasteiger partial charge on any atom is -0.444 e. The summed E-state index contributed by atoms with van der Waals surface area (Å²) in [4.78, 5) is 16.5. The highest BCUT2D eigenvalue weighted by Crippen LogP contribution is 2.19. The van der Waals surface area contributed by atoms with E-state index in [1.165, 1.54) is 12.8 Å². The van der Waals surface area contributed by atoms with Crippen molar-refractivity contribution in [3.63, 3.8) is 0 Å². The van der Waals surface area contributed by atoms with E-state index in [0.717, 1.165) is 26.1 Å². The van der Waals surface area contributed by atoms with Crippen LogP contribution in [0.3, 0.4) is 0 Å². The molecule has 0 N–H and O–H groups in total. The summed E-state index contributed by atoms with van der Waals surface area (Å²) in [7, 11) is 0. The van der Waals surface area contributed by atoms with Gasteiger partial charge in [0.2, 0.25) is 0 Å². The largest absolute Gasteiger partial charge is 0.444 e. The maximum absolute atomic E-state index is 12.2. The van der Waals surface area contributed by atoms with Gasteiger partial charge in [0, 0.05) is 25.2 Å². The first-order valence-corrected chi connectivity index (χ1v) is 8.09. The fourth-order valence-corrected chi connectivity index (χ4v) is 2.86. The first-order chi connectivity index (χ1) is 9.74. The molecule has 0 unspecified atom stereocenters. The molecule has 0 spiro atoms. The minimum atomic E-state index is -0.425. The molecule has 0 aromatic heterocycles. The lowest BCUT2D eigenvalue weighted by molar-refractivity contribution is -0.00779. The molecule has 2 atom stereocenters. The van der Waals surface area contributed by atoms with Gasteiger partial charge in [0.05, 0.1) is 0 Å². The van der Waals surface area contributed by atoms with Crippen LogP contribution in [0.1, 0.15) is 53.9 Å². The molecule has 122 valence electrons. The number of carbonyl (C=O) groups is 1. The Labute approximate surface area is 130 Å². The van der Waals surface area contributed by atoms with Gasteiger partial charge >= 0.3 is 6.09 Å². The Kier molecular flexibility index (Phi) is 6.72. The summed E-state index contributed by atoms with van der Waals surface area (Å²) in [5, 5.41) is 0. The molecule has 1 saturated heterocycles. The van der Waals surface area contributed by atoms with Gasteiger partial charge in [0.25, 0.3) is 0 Å². The van der Waals surface area contributed by atoms with Crippen molar-refractivity contribution in [2.24, 2.45) is 0 Å². The van der Waals surface area contributed by atoms with Crippen LogP contribution in [0.2, 0.25) is 0 Å². The standard InChI is InChI=1S/C17H32N2O2/c1-7-8-9-10-11-19-14(2)12-18(13-15(19)3)16(20)21-17(4,5)6/h7,14-15H,1,8-13H2,2-6H3/t14-,15+. The molecule has 0 saturated carbocycles. The van der Waals surface area contributed by atoms with Crippen LogP contribution < -0.4 is 0 Å². The Balaban J connectivity index is 2.49. The van der Waals surface area contributed by atoms with E-state index >= 15 is 0 Å². The maximum Gasteiger partial charge on any atom is 0.410 e. The van der Waals surface area contributed by atoms with Crippen LogP contribution in [0.15, 0.2) is 12.7 Å². The van der Waals surface area contributed by atoms with Gasteiger partial charge in [0.15, 0.2) is 0 Å². The van der Waals surface area contributed by atoms with Crippen molar-refractivity contribution in [3.05, 3.63) is 12.7 Å². The lowest BCUT2D eigenvalue weighted by Gasteiger charge is -2.44. The van der Waals surface area contributed by atoms with Crippen molar-refractivity contribution in [2.45, 2.75) is 71.6 Å². The lowest BCUT2D eigenvalue weighted by Crippen LogP contribution is -2.58. The van der Waals surface area contributed by atoms with E-state index in [2.05, 4.69) is 25.3 Å². The number of piperazine rings is 1. The molecule has 1 amide bonds. The fraction of sp³-hybridized carbons (Fsp3) is 0.824. The van der Waals surface area contributed by atoms with Gasteiger partial charge in [-0.05, 0) is 60.4 Å². The Morgan fingerprint density at radius 3 is 2.29 bits per heavy atom. The smallest absolute Gasteiger partial charge is 0.410 e. The van der Waals surface area contributed by atoms with E-state index in [4.69, 9.17) is 4.74 Å². The summed E-state index contributed by atoms with van der Waals surface area (Å²) < 4.78 is 5.48. The SMILES string of the molecule is C=CCCCCN1[C@H](C)CN(C(=O)OC(C)(C)C)C[C@@H]1C. The van der Waals surface area contributed by atoms with Crippen molar-refractivity contribution in [2.75, 3.05) is 19.6 Å². The second-order valence-corrected chi connectivity index (χ2v) is 7.11. The Morgan fingerprint density at radius 1 is 1.24 bits per heavy atom. The fourth-order valence-electron chi connectivity index (χ4n) is 2.86. The summed E-state index contributed by atoms with van der Waals surface area (Å²) in [5.74, 6) is 0. The molecule has 21 heavy (non-hydrogen) atoms. The molecular weight excluding hydrogens is 264 g/mol. The van der Waals surface area contributed by atoms with Crippen LogP contribution in [0, 0.1) is 0 Å². The molecule has 1 rings (SSSR count). The summed E-state index contributed by atoms with van der Waals surface area (Å²) in [6.07, 6.45) is 5.25. The van der Waals surface area contributed by atoms with Crippen molar-refractivity contribution in [1.82, 2.24) is 9.80 Å². The number of carbonyl (C=O) groups excluding carboxylic acids is 1. The monoisotopic (exact) mass is 296 g/mol. The molecule has 0 aromatic carbocycles. The molecule has 4 nitrogen and oxygen atoms in total. The molecule has 1 heterocycles. The minimum absolute atomic E-state index is 0.187. The van der Waals surface area contributed by atoms with Crippen LogP contribution in [-0.2, 0) is 4.74 Å². The van der Waals surface area contributed by atoms with E-state index < -0.39 is 5.60 Å². The van der Waals surface area contributed by atoms with Gasteiger partial charge < -0.3 is 9.64 Å². The molecule has 1 aliphatic rings. The van der Waals surface area contributed by atoms with Crippen LogP contribution in [0.5, 0.6) is 0 Å². The number of hydrogen-bond donors (Lipinski definition) is 0. The number of ether oxygens (including phenoxy) is 1. The third kappa shape index (κ3) is 6.08. The zero-order valence-electron chi connectivity index (χ0n) is 14.4. The van der Waals surface area contributed by atoms with E-state index in [0.29, 0.717) is 12.1 Å². The highest BCUT2D eigenvalue weighted by atomic mass is 16.6. The van der Waals surface area contributed by atoms with E-state index in [1.807, 2.05) is 31.7 Å². The van der Waals surface area contributed by atoms with Crippen molar-refractivity contribution < 1.29 is 9.53 Å². The number of allylic oxidation sites excluding steroid dienone is 1. The van der Waals surface area contributed by atoms with Gasteiger partial charge in [-0.2, -0.15) is 0 Å². The number of unbranched alkanes of at least 4 members (excludes halogenated alkanes) is 2. The predicted octanol–water partition coefficient (Wildman–Crippen LogP) is 3.67. The van der Waals surface area contributed by atoms with Gasteiger partial charge in [-0.25, -0.2) is 4.79 Å². The second kappa shape index (κ2) is 7.83. The summed E-state index contributed by atoms with van der Waals surface area (Å²) >= 11 is 0. The molecule has 0 aromatic rings. The van der Waals surface area contributed by atoms with Crippen molar-refractivity contribution in [3.8, 4) is 0 Å². The highest BCUT2D eigenvalue weighted by molar-refractivity contribution is 5.68. The molecule has 1 fully saturated rings. The second-order valence-electron chi connectivity index (χ2n) is 7.11. The van der Waals surface area contributed by atoms with Crippen LogP contribution in [0.4, 0.5) is 4.79 Å². The molecule has 1 aliphatic heterocycles. The van der Waals surface area contributed by atoms with Crippen LogP contribution in [-0.4, -0.2) is 53.2 Å².